The van der Waals surface area contributed by atoms with Gasteiger partial charge in [-0.25, -0.2) is 9.48 Å². The lowest BCUT2D eigenvalue weighted by atomic mass is 10.1. The molecule has 2 aromatic rings. The molecule has 1 aromatic heterocycles. The molecule has 2 heterocycles. The molecule has 27 heavy (non-hydrogen) atoms. The number of halogens is 2. The van der Waals surface area contributed by atoms with E-state index in [9.17, 15) is 9.59 Å². The maximum Gasteiger partial charge on any atom is 0.324 e. The third kappa shape index (κ3) is 5.12. The molecule has 4 N–H and O–H groups in total. The van der Waals surface area contributed by atoms with Gasteiger partial charge in [0.2, 0.25) is 5.91 Å². The highest BCUT2D eigenvalue weighted by Crippen LogP contribution is 2.26. The van der Waals surface area contributed by atoms with Crippen molar-refractivity contribution in [1.82, 2.24) is 14.7 Å². The number of likely N-dealkylation sites (tertiary alicyclic amines) is 1. The molecule has 10 heteroatoms. The van der Waals surface area contributed by atoms with Gasteiger partial charge in [0, 0.05) is 19.2 Å². The van der Waals surface area contributed by atoms with E-state index in [-0.39, 0.29) is 30.9 Å². The fraction of sp³-hybridized carbons (Fsp3) is 0.353. The first kappa shape index (κ1) is 21.0. The average Bonchev–Trinajstić information content (AvgIpc) is 3.11. The van der Waals surface area contributed by atoms with Crippen LogP contribution in [0.3, 0.4) is 0 Å². The number of urea groups is 1. The summed E-state index contributed by atoms with van der Waals surface area (Å²) in [6.07, 6.45) is 3.16. The van der Waals surface area contributed by atoms with Gasteiger partial charge in [0.05, 0.1) is 29.5 Å². The van der Waals surface area contributed by atoms with E-state index < -0.39 is 6.03 Å². The second-order valence-electron chi connectivity index (χ2n) is 6.04. The molecule has 1 fully saturated rings. The molecule has 146 valence electrons. The summed E-state index contributed by atoms with van der Waals surface area (Å²) in [6.45, 7) is 1.29. The summed E-state index contributed by atoms with van der Waals surface area (Å²) in [5, 5.41) is 10.3. The molecular formula is C17H22Cl2N6O2. The maximum absolute atomic E-state index is 12.3. The van der Waals surface area contributed by atoms with Gasteiger partial charge in [-0.15, -0.1) is 12.4 Å². The van der Waals surface area contributed by atoms with Gasteiger partial charge in [-0.2, -0.15) is 5.10 Å². The van der Waals surface area contributed by atoms with Gasteiger partial charge in [0.25, 0.3) is 0 Å². The van der Waals surface area contributed by atoms with Gasteiger partial charge in [0.15, 0.2) is 0 Å². The Morgan fingerprint density at radius 2 is 1.89 bits per heavy atom. The molecule has 0 atom stereocenters. The molecule has 0 spiro atoms. The smallest absolute Gasteiger partial charge is 0.324 e. The van der Waals surface area contributed by atoms with Gasteiger partial charge < -0.3 is 16.0 Å². The summed E-state index contributed by atoms with van der Waals surface area (Å²) >= 11 is 6.05. The fourth-order valence-electron chi connectivity index (χ4n) is 3.03. The number of amides is 3. The van der Waals surface area contributed by atoms with E-state index in [0.29, 0.717) is 29.6 Å². The maximum atomic E-state index is 12.3. The van der Waals surface area contributed by atoms with Gasteiger partial charge in [-0.05, 0) is 25.0 Å². The van der Waals surface area contributed by atoms with Gasteiger partial charge >= 0.3 is 6.03 Å². The molecule has 1 saturated heterocycles. The van der Waals surface area contributed by atoms with Gasteiger partial charge in [0.1, 0.15) is 5.82 Å². The monoisotopic (exact) mass is 412 g/mol. The second-order valence-corrected chi connectivity index (χ2v) is 6.44. The van der Waals surface area contributed by atoms with Crippen LogP contribution in [-0.4, -0.2) is 46.3 Å². The minimum absolute atomic E-state index is 0. The predicted molar refractivity (Wildman–Crippen MR) is 107 cm³/mol. The first-order chi connectivity index (χ1) is 12.6. The van der Waals surface area contributed by atoms with Crippen molar-refractivity contribution < 1.29 is 9.59 Å². The number of piperidine rings is 1. The Morgan fingerprint density at radius 3 is 2.56 bits per heavy atom. The molecule has 1 aliphatic rings. The van der Waals surface area contributed by atoms with Crippen molar-refractivity contribution in [3.8, 4) is 0 Å². The zero-order valence-electron chi connectivity index (χ0n) is 14.6. The molecule has 0 unspecified atom stereocenters. The van der Waals surface area contributed by atoms with Crippen molar-refractivity contribution in [3.63, 3.8) is 0 Å². The number of aromatic nitrogens is 2. The van der Waals surface area contributed by atoms with Crippen LogP contribution in [0.4, 0.5) is 16.3 Å². The fourth-order valence-corrected chi connectivity index (χ4v) is 3.21. The van der Waals surface area contributed by atoms with Crippen LogP contribution >= 0.6 is 24.0 Å². The standard InChI is InChI=1S/C17H21ClN6O2.ClH/c18-13-3-1-2-4-14(13)21-17(26)22-15-5-8-20-24(15)12-6-9-23(10-7-12)16(25)11-19;/h1-5,8,12H,6-7,9-11,19H2,(H2,21,22,26);1H. The molecule has 0 aliphatic carbocycles. The normalized spacial score (nSPS) is 14.4. The quantitative estimate of drug-likeness (QED) is 0.717. The van der Waals surface area contributed by atoms with E-state index in [1.54, 1.807) is 46.1 Å². The number of carbonyl (C=O) groups excluding carboxylic acids is 2. The molecule has 8 nitrogen and oxygen atoms in total. The Hall–Kier alpha value is -2.29. The number of benzene rings is 1. The SMILES string of the molecule is Cl.NCC(=O)N1CCC(n2nccc2NC(=O)Nc2ccccc2Cl)CC1. The Bertz CT molecular complexity index is 789. The van der Waals surface area contributed by atoms with Crippen molar-refractivity contribution in [2.24, 2.45) is 5.73 Å². The van der Waals surface area contributed by atoms with Crippen LogP contribution in [0, 0.1) is 0 Å². The van der Waals surface area contributed by atoms with E-state index in [4.69, 9.17) is 17.3 Å². The van der Waals surface area contributed by atoms with Gasteiger partial charge in [-0.1, -0.05) is 23.7 Å². The number of rotatable bonds is 4. The van der Waals surface area contributed by atoms with Crippen LogP contribution in [0.25, 0.3) is 0 Å². The largest absolute Gasteiger partial charge is 0.341 e. The Morgan fingerprint density at radius 1 is 1.19 bits per heavy atom. The van der Waals surface area contributed by atoms with Crippen LogP contribution in [0.15, 0.2) is 36.5 Å². The molecule has 0 saturated carbocycles. The predicted octanol–water partition coefficient (Wildman–Crippen LogP) is 2.72. The number of hydrogen-bond acceptors (Lipinski definition) is 4. The highest BCUT2D eigenvalue weighted by atomic mass is 35.5. The third-order valence-electron chi connectivity index (χ3n) is 4.37. The summed E-state index contributed by atoms with van der Waals surface area (Å²) in [6, 6.07) is 8.48. The summed E-state index contributed by atoms with van der Waals surface area (Å²) in [5.74, 6) is 0.555. The van der Waals surface area contributed by atoms with Crippen LogP contribution in [0.5, 0.6) is 0 Å². The molecule has 3 rings (SSSR count). The van der Waals surface area contributed by atoms with Gasteiger partial charge in [-0.3, -0.25) is 10.1 Å². The lowest BCUT2D eigenvalue weighted by Gasteiger charge is -2.32. The third-order valence-corrected chi connectivity index (χ3v) is 4.70. The van der Waals surface area contributed by atoms with E-state index in [1.165, 1.54) is 0 Å². The van der Waals surface area contributed by atoms with Crippen LogP contribution in [0.2, 0.25) is 5.02 Å². The number of nitrogens with one attached hydrogen (secondary N) is 2. The van der Waals surface area contributed by atoms with Crippen molar-refractivity contribution in [2.75, 3.05) is 30.3 Å². The number of para-hydroxylation sites is 1. The van der Waals surface area contributed by atoms with Crippen LogP contribution < -0.4 is 16.4 Å². The van der Waals surface area contributed by atoms with Crippen molar-refractivity contribution >= 4 is 47.5 Å². The van der Waals surface area contributed by atoms with E-state index in [0.717, 1.165) is 12.8 Å². The molecule has 3 amide bonds. The zero-order valence-corrected chi connectivity index (χ0v) is 16.2. The number of nitrogens with zero attached hydrogens (tertiary/aromatic N) is 3. The van der Waals surface area contributed by atoms with Crippen molar-refractivity contribution in [1.29, 1.82) is 0 Å². The molecule has 0 bridgehead atoms. The van der Waals surface area contributed by atoms with Crippen molar-refractivity contribution in [2.45, 2.75) is 18.9 Å². The topological polar surface area (TPSA) is 105 Å². The summed E-state index contributed by atoms with van der Waals surface area (Å²) in [7, 11) is 0. The Kier molecular flexibility index (Phi) is 7.46. The minimum atomic E-state index is -0.393. The van der Waals surface area contributed by atoms with Crippen LogP contribution in [-0.2, 0) is 4.79 Å². The zero-order chi connectivity index (χ0) is 18.5. The Labute approximate surface area is 168 Å². The van der Waals surface area contributed by atoms with E-state index in [2.05, 4.69) is 15.7 Å². The number of anilines is 2. The second kappa shape index (κ2) is 9.59. The summed E-state index contributed by atoms with van der Waals surface area (Å²) < 4.78 is 1.79. The highest BCUT2D eigenvalue weighted by Gasteiger charge is 2.25. The lowest BCUT2D eigenvalue weighted by molar-refractivity contribution is -0.130. The molecule has 1 aliphatic heterocycles. The number of carbonyl (C=O) groups is 2. The number of hydrogen-bond donors (Lipinski definition) is 3. The van der Waals surface area contributed by atoms with Crippen LogP contribution in [0.1, 0.15) is 18.9 Å². The number of nitrogens with two attached hydrogens (primary N) is 1. The first-order valence-corrected chi connectivity index (χ1v) is 8.80. The molecule has 1 aromatic carbocycles. The first-order valence-electron chi connectivity index (χ1n) is 8.42. The summed E-state index contributed by atoms with van der Waals surface area (Å²) in [4.78, 5) is 25.7. The Balaban J connectivity index is 0.00000261. The highest BCUT2D eigenvalue weighted by molar-refractivity contribution is 6.33. The summed E-state index contributed by atoms with van der Waals surface area (Å²) in [5.41, 5.74) is 5.95. The minimum Gasteiger partial charge on any atom is -0.341 e. The lowest BCUT2D eigenvalue weighted by Crippen LogP contribution is -2.42. The molecular weight excluding hydrogens is 391 g/mol. The van der Waals surface area contributed by atoms with E-state index >= 15 is 0 Å². The average molecular weight is 413 g/mol. The molecule has 0 radical (unpaired) electrons. The van der Waals surface area contributed by atoms with E-state index in [1.807, 2.05) is 0 Å². The van der Waals surface area contributed by atoms with Crippen molar-refractivity contribution in [3.05, 3.63) is 41.6 Å².